The quantitative estimate of drug-likeness (QED) is 0.515. The van der Waals surface area contributed by atoms with Gasteiger partial charge in [0.15, 0.2) is 0 Å². The second-order valence-corrected chi connectivity index (χ2v) is 3.51. The number of rotatable bonds is 5. The van der Waals surface area contributed by atoms with Gasteiger partial charge in [0, 0.05) is 24.4 Å². The molecule has 0 saturated heterocycles. The van der Waals surface area contributed by atoms with Crippen LogP contribution in [-0.2, 0) is 6.42 Å². The van der Waals surface area contributed by atoms with E-state index in [1.54, 1.807) is 12.3 Å². The van der Waals surface area contributed by atoms with Gasteiger partial charge in [-0.1, -0.05) is 6.07 Å². The van der Waals surface area contributed by atoms with Crippen molar-refractivity contribution < 1.29 is 4.74 Å². The maximum Gasteiger partial charge on any atom is 0.225 e. The molecule has 0 unspecified atom stereocenters. The molecule has 0 fully saturated rings. The fourth-order valence-corrected chi connectivity index (χ4v) is 1.40. The fraction of sp³-hybridized carbons (Fsp3) is 0.182. The molecule has 5 N–H and O–H groups in total. The molecule has 18 heavy (non-hydrogen) atoms. The summed E-state index contributed by atoms with van der Waals surface area (Å²) >= 11 is 0. The Bertz CT molecular complexity index is 504. The first-order valence-corrected chi connectivity index (χ1v) is 5.42. The molecule has 0 saturated carbocycles. The average molecular weight is 246 g/mol. The largest absolute Gasteiger partial charge is 0.477 e. The van der Waals surface area contributed by atoms with Crippen LogP contribution in [0.4, 0.5) is 11.8 Å². The lowest BCUT2D eigenvalue weighted by atomic mass is 10.3. The lowest BCUT2D eigenvalue weighted by molar-refractivity contribution is 0.308. The Kier molecular flexibility index (Phi) is 3.87. The number of nitrogens with zero attached hydrogens (tertiary/aromatic N) is 3. The summed E-state index contributed by atoms with van der Waals surface area (Å²) in [5.74, 6) is 6.15. The molecule has 0 aliphatic heterocycles. The van der Waals surface area contributed by atoms with Crippen LogP contribution in [0.25, 0.3) is 0 Å². The van der Waals surface area contributed by atoms with Gasteiger partial charge in [-0.15, -0.1) is 0 Å². The zero-order chi connectivity index (χ0) is 12.8. The normalized spacial score (nSPS) is 10.1. The van der Waals surface area contributed by atoms with Gasteiger partial charge in [-0.3, -0.25) is 4.98 Å². The van der Waals surface area contributed by atoms with Crippen LogP contribution in [0, 0.1) is 0 Å². The number of ether oxygens (including phenoxy) is 1. The van der Waals surface area contributed by atoms with E-state index >= 15 is 0 Å². The molecular weight excluding hydrogens is 232 g/mol. The summed E-state index contributed by atoms with van der Waals surface area (Å²) in [7, 11) is 0. The van der Waals surface area contributed by atoms with E-state index in [1.807, 2.05) is 18.2 Å². The van der Waals surface area contributed by atoms with Gasteiger partial charge in [-0.2, -0.15) is 9.97 Å². The van der Waals surface area contributed by atoms with Crippen LogP contribution in [0.2, 0.25) is 0 Å². The summed E-state index contributed by atoms with van der Waals surface area (Å²) < 4.78 is 5.47. The summed E-state index contributed by atoms with van der Waals surface area (Å²) in [6.07, 6.45) is 2.44. The van der Waals surface area contributed by atoms with Crippen LogP contribution in [-0.4, -0.2) is 21.6 Å². The monoisotopic (exact) mass is 246 g/mol. The van der Waals surface area contributed by atoms with Gasteiger partial charge in [0.25, 0.3) is 0 Å². The van der Waals surface area contributed by atoms with Crippen molar-refractivity contribution in [2.24, 2.45) is 5.84 Å². The minimum Gasteiger partial charge on any atom is -0.477 e. The van der Waals surface area contributed by atoms with E-state index in [-0.39, 0.29) is 5.95 Å². The first-order valence-electron chi connectivity index (χ1n) is 5.42. The van der Waals surface area contributed by atoms with E-state index < -0.39 is 0 Å². The molecule has 2 aromatic rings. The molecule has 0 radical (unpaired) electrons. The second kappa shape index (κ2) is 5.78. The summed E-state index contributed by atoms with van der Waals surface area (Å²) in [5, 5.41) is 0. The van der Waals surface area contributed by atoms with Gasteiger partial charge in [0.05, 0.1) is 6.61 Å². The van der Waals surface area contributed by atoms with Gasteiger partial charge < -0.3 is 15.9 Å². The zero-order valence-electron chi connectivity index (χ0n) is 9.71. The highest BCUT2D eigenvalue weighted by atomic mass is 16.5. The lowest BCUT2D eigenvalue weighted by Crippen LogP contribution is -2.11. The summed E-state index contributed by atoms with van der Waals surface area (Å²) in [6.45, 7) is 0.456. The number of hydrogen-bond acceptors (Lipinski definition) is 7. The van der Waals surface area contributed by atoms with Gasteiger partial charge in [0.2, 0.25) is 11.8 Å². The van der Waals surface area contributed by atoms with Crippen molar-refractivity contribution in [3.05, 3.63) is 36.2 Å². The van der Waals surface area contributed by atoms with Crippen molar-refractivity contribution in [3.8, 4) is 5.88 Å². The van der Waals surface area contributed by atoms with Crippen LogP contribution in [0.15, 0.2) is 30.5 Å². The predicted octanol–water partition coefficient (Wildman–Crippen LogP) is 0.361. The minimum atomic E-state index is 0.110. The molecular formula is C11H14N6O. The lowest BCUT2D eigenvalue weighted by Gasteiger charge is -2.07. The molecule has 0 amide bonds. The molecule has 7 nitrogen and oxygen atoms in total. The molecule has 0 atom stereocenters. The number of pyridine rings is 1. The Labute approximate surface area is 104 Å². The summed E-state index contributed by atoms with van der Waals surface area (Å²) in [4.78, 5) is 12.0. The third kappa shape index (κ3) is 3.29. The third-order valence-electron chi connectivity index (χ3n) is 2.20. The topological polar surface area (TPSA) is 112 Å². The Hall–Kier alpha value is -2.41. The Morgan fingerprint density at radius 2 is 2.17 bits per heavy atom. The molecule has 0 aliphatic carbocycles. The molecule has 0 spiro atoms. The second-order valence-electron chi connectivity index (χ2n) is 3.51. The molecule has 2 aromatic heterocycles. The van der Waals surface area contributed by atoms with Crippen LogP contribution in [0.3, 0.4) is 0 Å². The highest BCUT2D eigenvalue weighted by molar-refractivity contribution is 5.41. The van der Waals surface area contributed by atoms with Gasteiger partial charge in [-0.25, -0.2) is 5.84 Å². The predicted molar refractivity (Wildman–Crippen MR) is 67.7 cm³/mol. The summed E-state index contributed by atoms with van der Waals surface area (Å²) in [5.41, 5.74) is 8.86. The van der Waals surface area contributed by atoms with Crippen molar-refractivity contribution >= 4 is 11.8 Å². The third-order valence-corrected chi connectivity index (χ3v) is 2.20. The molecule has 2 rings (SSSR count). The Morgan fingerprint density at radius 3 is 2.89 bits per heavy atom. The van der Waals surface area contributed by atoms with Crippen LogP contribution < -0.4 is 21.7 Å². The Balaban J connectivity index is 1.92. The smallest absolute Gasteiger partial charge is 0.225 e. The van der Waals surface area contributed by atoms with Crippen molar-refractivity contribution in [1.29, 1.82) is 0 Å². The van der Waals surface area contributed by atoms with E-state index in [2.05, 4.69) is 20.4 Å². The summed E-state index contributed by atoms with van der Waals surface area (Å²) in [6, 6.07) is 7.31. The number of hydrogen-bond donors (Lipinski definition) is 3. The molecule has 7 heteroatoms. The maximum absolute atomic E-state index is 5.51. The van der Waals surface area contributed by atoms with Crippen molar-refractivity contribution in [2.75, 3.05) is 17.8 Å². The standard InChI is InChI=1S/C11H14N6O/c12-11-15-9(17-13)7-10(16-11)18-6-4-8-3-1-2-5-14-8/h1-3,5,7H,4,6,13H2,(H3,12,15,16,17). The van der Waals surface area contributed by atoms with E-state index in [1.165, 1.54) is 0 Å². The highest BCUT2D eigenvalue weighted by Crippen LogP contribution is 2.13. The van der Waals surface area contributed by atoms with Crippen LogP contribution in [0.1, 0.15) is 5.69 Å². The first kappa shape index (κ1) is 12.1. The minimum absolute atomic E-state index is 0.110. The van der Waals surface area contributed by atoms with E-state index in [9.17, 15) is 0 Å². The number of hydrazine groups is 1. The van der Waals surface area contributed by atoms with E-state index in [0.717, 1.165) is 5.69 Å². The molecule has 0 aromatic carbocycles. The number of nitrogens with one attached hydrogen (secondary N) is 1. The van der Waals surface area contributed by atoms with Crippen molar-refractivity contribution in [2.45, 2.75) is 6.42 Å². The maximum atomic E-state index is 5.51. The molecule has 0 bridgehead atoms. The Morgan fingerprint density at radius 1 is 1.28 bits per heavy atom. The first-order chi connectivity index (χ1) is 8.78. The van der Waals surface area contributed by atoms with E-state index in [0.29, 0.717) is 24.7 Å². The molecule has 2 heterocycles. The fourth-order valence-electron chi connectivity index (χ4n) is 1.40. The van der Waals surface area contributed by atoms with Crippen molar-refractivity contribution in [3.63, 3.8) is 0 Å². The highest BCUT2D eigenvalue weighted by Gasteiger charge is 2.02. The van der Waals surface area contributed by atoms with Crippen LogP contribution >= 0.6 is 0 Å². The van der Waals surface area contributed by atoms with Gasteiger partial charge in [-0.05, 0) is 12.1 Å². The van der Waals surface area contributed by atoms with Gasteiger partial charge in [0.1, 0.15) is 5.82 Å². The number of nitrogens with two attached hydrogens (primary N) is 2. The van der Waals surface area contributed by atoms with E-state index in [4.69, 9.17) is 16.3 Å². The molecule has 94 valence electrons. The number of nitrogen functional groups attached to an aromatic ring is 2. The average Bonchev–Trinajstić information content (AvgIpc) is 2.39. The SMILES string of the molecule is NNc1cc(OCCc2ccccn2)nc(N)n1. The van der Waals surface area contributed by atoms with Crippen LogP contribution in [0.5, 0.6) is 5.88 Å². The van der Waals surface area contributed by atoms with Gasteiger partial charge >= 0.3 is 0 Å². The zero-order valence-corrected chi connectivity index (χ0v) is 9.71. The number of aromatic nitrogens is 3. The van der Waals surface area contributed by atoms with Crippen molar-refractivity contribution in [1.82, 2.24) is 15.0 Å². The number of anilines is 2. The molecule has 0 aliphatic rings.